The van der Waals surface area contributed by atoms with Crippen molar-refractivity contribution in [2.24, 2.45) is 0 Å². The van der Waals surface area contributed by atoms with Crippen LogP contribution in [-0.2, 0) is 6.42 Å². The lowest BCUT2D eigenvalue weighted by Gasteiger charge is -2.07. The molecule has 2 aromatic carbocycles. The first-order valence-electron chi connectivity index (χ1n) is 8.75. The van der Waals surface area contributed by atoms with Crippen LogP contribution in [-0.4, -0.2) is 25.7 Å². The summed E-state index contributed by atoms with van der Waals surface area (Å²) >= 11 is 1.50. The van der Waals surface area contributed by atoms with Gasteiger partial charge in [-0.05, 0) is 61.4 Å². The van der Waals surface area contributed by atoms with E-state index in [4.69, 9.17) is 0 Å². The minimum absolute atomic E-state index is 0.114. The van der Waals surface area contributed by atoms with Crippen molar-refractivity contribution in [3.8, 4) is 10.6 Å². The predicted octanol–water partition coefficient (Wildman–Crippen LogP) is 4.28. The van der Waals surface area contributed by atoms with E-state index < -0.39 is 0 Å². The van der Waals surface area contributed by atoms with Crippen LogP contribution >= 0.6 is 11.3 Å². The van der Waals surface area contributed by atoms with Gasteiger partial charge in [0.25, 0.3) is 5.91 Å². The number of hydrogen-bond acceptors (Lipinski definition) is 5. The third-order valence-electron chi connectivity index (χ3n) is 4.53. The van der Waals surface area contributed by atoms with E-state index in [0.29, 0.717) is 5.56 Å². The van der Waals surface area contributed by atoms with Gasteiger partial charge in [0.05, 0.1) is 0 Å². The molecule has 0 unspecified atom stereocenters. The standard InChI is InChI=1S/C20H19N5OS/c1-4-17-22-23-20-25(17)24-19(27-20)14-7-9-16(10-8-14)21-18(26)15-6-5-12(2)13(3)11-15/h5-11H,4H2,1-3H3,(H,21,26). The van der Waals surface area contributed by atoms with Crippen molar-refractivity contribution in [3.05, 3.63) is 65.0 Å². The highest BCUT2D eigenvalue weighted by Gasteiger charge is 2.12. The van der Waals surface area contributed by atoms with E-state index in [9.17, 15) is 4.79 Å². The summed E-state index contributed by atoms with van der Waals surface area (Å²) in [4.78, 5) is 13.2. The molecule has 0 atom stereocenters. The topological polar surface area (TPSA) is 72.2 Å². The number of carbonyl (C=O) groups is 1. The van der Waals surface area contributed by atoms with Crippen LogP contribution in [0.5, 0.6) is 0 Å². The van der Waals surface area contributed by atoms with Gasteiger partial charge in [0, 0.05) is 23.2 Å². The van der Waals surface area contributed by atoms with Crippen molar-refractivity contribution in [1.29, 1.82) is 0 Å². The molecule has 0 fully saturated rings. The minimum Gasteiger partial charge on any atom is -0.322 e. The van der Waals surface area contributed by atoms with Gasteiger partial charge < -0.3 is 5.32 Å². The molecule has 1 N–H and O–H groups in total. The lowest BCUT2D eigenvalue weighted by Crippen LogP contribution is -2.12. The largest absolute Gasteiger partial charge is 0.322 e. The average molecular weight is 377 g/mol. The molecule has 2 heterocycles. The molecule has 7 heteroatoms. The molecule has 4 aromatic rings. The quantitative estimate of drug-likeness (QED) is 0.576. The van der Waals surface area contributed by atoms with Gasteiger partial charge in [-0.3, -0.25) is 4.79 Å². The summed E-state index contributed by atoms with van der Waals surface area (Å²) in [5.74, 6) is 0.738. The summed E-state index contributed by atoms with van der Waals surface area (Å²) < 4.78 is 1.79. The Morgan fingerprint density at radius 1 is 1.07 bits per heavy atom. The van der Waals surface area contributed by atoms with Crippen molar-refractivity contribution in [2.45, 2.75) is 27.2 Å². The number of nitrogens with one attached hydrogen (secondary N) is 1. The molecule has 0 radical (unpaired) electrons. The fraction of sp³-hybridized carbons (Fsp3) is 0.200. The van der Waals surface area contributed by atoms with E-state index in [0.717, 1.165) is 39.0 Å². The Hall–Kier alpha value is -3.06. The number of aromatic nitrogens is 4. The normalized spacial score (nSPS) is 11.1. The van der Waals surface area contributed by atoms with Gasteiger partial charge in [-0.25, -0.2) is 0 Å². The van der Waals surface area contributed by atoms with Gasteiger partial charge >= 0.3 is 0 Å². The van der Waals surface area contributed by atoms with Crippen molar-refractivity contribution in [3.63, 3.8) is 0 Å². The predicted molar refractivity (Wildman–Crippen MR) is 107 cm³/mol. The van der Waals surface area contributed by atoms with Crippen LogP contribution in [0.2, 0.25) is 0 Å². The molecule has 27 heavy (non-hydrogen) atoms. The maximum absolute atomic E-state index is 12.4. The fourth-order valence-electron chi connectivity index (χ4n) is 2.78. The van der Waals surface area contributed by atoms with Crippen LogP contribution < -0.4 is 5.32 Å². The molecule has 0 spiro atoms. The van der Waals surface area contributed by atoms with Gasteiger partial charge in [-0.15, -0.1) is 10.2 Å². The van der Waals surface area contributed by atoms with E-state index in [2.05, 4.69) is 20.6 Å². The zero-order valence-electron chi connectivity index (χ0n) is 15.4. The zero-order chi connectivity index (χ0) is 19.0. The van der Waals surface area contributed by atoms with Crippen molar-refractivity contribution in [1.82, 2.24) is 19.8 Å². The summed E-state index contributed by atoms with van der Waals surface area (Å²) in [6, 6.07) is 13.4. The number of benzene rings is 2. The van der Waals surface area contributed by atoms with Crippen LogP contribution in [0, 0.1) is 13.8 Å². The first kappa shape index (κ1) is 17.4. The lowest BCUT2D eigenvalue weighted by atomic mass is 10.1. The maximum Gasteiger partial charge on any atom is 0.255 e. The number of nitrogens with zero attached hydrogens (tertiary/aromatic N) is 4. The number of carbonyl (C=O) groups excluding carboxylic acids is 1. The Balaban J connectivity index is 1.53. The third kappa shape index (κ3) is 3.33. The molecule has 0 aliphatic rings. The number of aryl methyl sites for hydroxylation is 3. The molecule has 0 aliphatic carbocycles. The molecule has 136 valence electrons. The van der Waals surface area contributed by atoms with Crippen LogP contribution in [0.3, 0.4) is 0 Å². The number of rotatable bonds is 4. The molecule has 0 saturated heterocycles. The van der Waals surface area contributed by atoms with Gasteiger partial charge in [0.15, 0.2) is 5.82 Å². The van der Waals surface area contributed by atoms with Gasteiger partial charge in [0.2, 0.25) is 4.96 Å². The Morgan fingerprint density at radius 2 is 1.85 bits per heavy atom. The summed E-state index contributed by atoms with van der Waals surface area (Å²) in [6.07, 6.45) is 0.786. The van der Waals surface area contributed by atoms with Gasteiger partial charge in [-0.2, -0.15) is 9.61 Å². The minimum atomic E-state index is -0.114. The van der Waals surface area contributed by atoms with Crippen LogP contribution in [0.15, 0.2) is 42.5 Å². The monoisotopic (exact) mass is 377 g/mol. The second kappa shape index (κ2) is 6.92. The number of fused-ring (bicyclic) bond motifs is 1. The van der Waals surface area contributed by atoms with Crippen LogP contribution in [0.25, 0.3) is 15.5 Å². The Labute approximate surface area is 160 Å². The van der Waals surface area contributed by atoms with E-state index in [1.807, 2.05) is 63.2 Å². The van der Waals surface area contributed by atoms with Gasteiger partial charge in [-0.1, -0.05) is 24.3 Å². The van der Waals surface area contributed by atoms with E-state index in [1.54, 1.807) is 4.52 Å². The highest BCUT2D eigenvalue weighted by molar-refractivity contribution is 7.19. The van der Waals surface area contributed by atoms with Gasteiger partial charge in [0.1, 0.15) is 5.01 Å². The summed E-state index contributed by atoms with van der Waals surface area (Å²) in [5, 5.41) is 16.7. The van der Waals surface area contributed by atoms with Crippen molar-refractivity contribution < 1.29 is 4.79 Å². The average Bonchev–Trinajstić information content (AvgIpc) is 3.25. The number of amides is 1. The Kier molecular flexibility index (Phi) is 4.45. The molecular formula is C20H19N5OS. The highest BCUT2D eigenvalue weighted by atomic mass is 32.1. The maximum atomic E-state index is 12.4. The second-order valence-corrected chi connectivity index (χ2v) is 7.36. The summed E-state index contributed by atoms with van der Waals surface area (Å²) in [5.41, 5.74) is 4.67. The molecule has 0 aliphatic heterocycles. The molecular weight excluding hydrogens is 358 g/mol. The lowest BCUT2D eigenvalue weighted by molar-refractivity contribution is 0.102. The van der Waals surface area contributed by atoms with Crippen LogP contribution in [0.1, 0.15) is 34.2 Å². The molecule has 0 bridgehead atoms. The van der Waals surface area contributed by atoms with E-state index in [1.165, 1.54) is 16.9 Å². The Bertz CT molecular complexity index is 1130. The molecule has 2 aromatic heterocycles. The zero-order valence-corrected chi connectivity index (χ0v) is 16.2. The molecule has 4 rings (SSSR count). The van der Waals surface area contributed by atoms with Crippen LogP contribution in [0.4, 0.5) is 5.69 Å². The molecule has 1 amide bonds. The second-order valence-electron chi connectivity index (χ2n) is 6.40. The third-order valence-corrected chi connectivity index (χ3v) is 5.48. The van der Waals surface area contributed by atoms with Crippen molar-refractivity contribution >= 4 is 27.9 Å². The highest BCUT2D eigenvalue weighted by Crippen LogP contribution is 2.26. The fourth-order valence-corrected chi connectivity index (χ4v) is 3.64. The summed E-state index contributed by atoms with van der Waals surface area (Å²) in [7, 11) is 0. The number of hydrogen-bond donors (Lipinski definition) is 1. The number of anilines is 1. The van der Waals surface area contributed by atoms with E-state index >= 15 is 0 Å². The van der Waals surface area contributed by atoms with E-state index in [-0.39, 0.29) is 5.91 Å². The molecule has 6 nitrogen and oxygen atoms in total. The molecule has 0 saturated carbocycles. The van der Waals surface area contributed by atoms with Crippen molar-refractivity contribution in [2.75, 3.05) is 5.32 Å². The SMILES string of the molecule is CCc1nnc2sc(-c3ccc(NC(=O)c4ccc(C)c(C)c4)cc3)nn12. The first-order chi connectivity index (χ1) is 13.0. The Morgan fingerprint density at radius 3 is 2.56 bits per heavy atom. The summed E-state index contributed by atoms with van der Waals surface area (Å²) in [6.45, 7) is 6.07. The first-order valence-corrected chi connectivity index (χ1v) is 9.57. The smallest absolute Gasteiger partial charge is 0.255 e.